The summed E-state index contributed by atoms with van der Waals surface area (Å²) in [4.78, 5) is 12.5. The van der Waals surface area contributed by atoms with E-state index in [4.69, 9.17) is 9.47 Å². The molecule has 0 aliphatic heterocycles. The maximum absolute atomic E-state index is 12.5. The highest BCUT2D eigenvalue weighted by molar-refractivity contribution is 9.10. The predicted molar refractivity (Wildman–Crippen MR) is 111 cm³/mol. The van der Waals surface area contributed by atoms with Gasteiger partial charge in [-0.25, -0.2) is 0 Å². The third kappa shape index (κ3) is 5.34. The summed E-state index contributed by atoms with van der Waals surface area (Å²) in [7, 11) is 0. The SMILES string of the molecule is Cc1ccc(Oc2ccccc2NC(=O)[C@@H](C)Oc2ccc(Br)cc2)cc1. The molecule has 0 bridgehead atoms. The van der Waals surface area contributed by atoms with Gasteiger partial charge in [0.25, 0.3) is 5.91 Å². The van der Waals surface area contributed by atoms with Gasteiger partial charge in [0.15, 0.2) is 11.9 Å². The zero-order valence-corrected chi connectivity index (χ0v) is 16.7. The number of benzene rings is 3. The van der Waals surface area contributed by atoms with Crippen LogP contribution in [0.2, 0.25) is 0 Å². The van der Waals surface area contributed by atoms with E-state index >= 15 is 0 Å². The Balaban J connectivity index is 1.68. The molecule has 138 valence electrons. The molecule has 0 fully saturated rings. The van der Waals surface area contributed by atoms with Gasteiger partial charge in [0.2, 0.25) is 0 Å². The quantitative estimate of drug-likeness (QED) is 0.530. The maximum Gasteiger partial charge on any atom is 0.265 e. The zero-order chi connectivity index (χ0) is 19.2. The Morgan fingerprint density at radius 1 is 0.926 bits per heavy atom. The molecular weight excluding hydrogens is 406 g/mol. The molecule has 0 aliphatic carbocycles. The number of rotatable bonds is 6. The molecule has 4 nitrogen and oxygen atoms in total. The molecule has 0 radical (unpaired) electrons. The van der Waals surface area contributed by atoms with Crippen LogP contribution < -0.4 is 14.8 Å². The van der Waals surface area contributed by atoms with Gasteiger partial charge in [0.05, 0.1) is 5.69 Å². The molecule has 3 aromatic carbocycles. The fraction of sp³-hybridized carbons (Fsp3) is 0.136. The van der Waals surface area contributed by atoms with Crippen LogP contribution in [0.1, 0.15) is 12.5 Å². The fourth-order valence-corrected chi connectivity index (χ4v) is 2.66. The molecule has 5 heteroatoms. The monoisotopic (exact) mass is 425 g/mol. The molecule has 0 spiro atoms. The molecular formula is C22H20BrNO3. The van der Waals surface area contributed by atoms with Crippen LogP contribution in [0.4, 0.5) is 5.69 Å². The first-order chi connectivity index (χ1) is 13.0. The normalized spacial score (nSPS) is 11.5. The van der Waals surface area contributed by atoms with Gasteiger partial charge in [0.1, 0.15) is 11.5 Å². The summed E-state index contributed by atoms with van der Waals surface area (Å²) in [5.74, 6) is 1.66. The van der Waals surface area contributed by atoms with Crippen LogP contribution in [0.5, 0.6) is 17.2 Å². The van der Waals surface area contributed by atoms with Gasteiger partial charge >= 0.3 is 0 Å². The van der Waals surface area contributed by atoms with Crippen LogP contribution in [0, 0.1) is 6.92 Å². The average Bonchev–Trinajstić information content (AvgIpc) is 2.67. The number of hydrogen-bond donors (Lipinski definition) is 1. The summed E-state index contributed by atoms with van der Waals surface area (Å²) in [6, 6.07) is 22.4. The minimum atomic E-state index is -0.654. The molecule has 0 aromatic heterocycles. The zero-order valence-electron chi connectivity index (χ0n) is 15.1. The van der Waals surface area contributed by atoms with Crippen molar-refractivity contribution in [2.24, 2.45) is 0 Å². The average molecular weight is 426 g/mol. The van der Waals surface area contributed by atoms with Gasteiger partial charge in [0, 0.05) is 4.47 Å². The topological polar surface area (TPSA) is 47.6 Å². The Morgan fingerprint density at radius 3 is 2.26 bits per heavy atom. The van der Waals surface area contributed by atoms with Gasteiger partial charge in [-0.3, -0.25) is 4.79 Å². The number of hydrogen-bond acceptors (Lipinski definition) is 3. The fourth-order valence-electron chi connectivity index (χ4n) is 2.40. The Morgan fingerprint density at radius 2 is 1.56 bits per heavy atom. The lowest BCUT2D eigenvalue weighted by Gasteiger charge is -2.17. The summed E-state index contributed by atoms with van der Waals surface area (Å²) in [5.41, 5.74) is 1.75. The Bertz CT molecular complexity index is 908. The van der Waals surface area contributed by atoms with Crippen LogP contribution in [0.25, 0.3) is 0 Å². The minimum absolute atomic E-state index is 0.252. The summed E-state index contributed by atoms with van der Waals surface area (Å²) >= 11 is 3.38. The van der Waals surface area contributed by atoms with Crippen molar-refractivity contribution in [1.29, 1.82) is 0 Å². The highest BCUT2D eigenvalue weighted by atomic mass is 79.9. The standard InChI is InChI=1S/C22H20BrNO3/c1-15-7-11-19(12-8-15)27-21-6-4-3-5-20(21)24-22(25)16(2)26-18-13-9-17(23)10-14-18/h3-14,16H,1-2H3,(H,24,25)/t16-/m1/s1. The molecule has 0 heterocycles. The van der Waals surface area contributed by atoms with Gasteiger partial charge in [-0.05, 0) is 62.4 Å². The smallest absolute Gasteiger partial charge is 0.265 e. The lowest BCUT2D eigenvalue weighted by molar-refractivity contribution is -0.122. The molecule has 1 N–H and O–H groups in total. The third-order valence-corrected chi connectivity index (χ3v) is 4.42. The summed E-state index contributed by atoms with van der Waals surface area (Å²) in [6.45, 7) is 3.73. The van der Waals surface area contributed by atoms with Gasteiger partial charge in [-0.15, -0.1) is 0 Å². The van der Waals surface area contributed by atoms with Crippen molar-refractivity contribution in [3.8, 4) is 17.2 Å². The van der Waals surface area contributed by atoms with E-state index in [2.05, 4.69) is 21.2 Å². The van der Waals surface area contributed by atoms with E-state index in [1.54, 1.807) is 13.0 Å². The summed E-state index contributed by atoms with van der Waals surface area (Å²) in [5, 5.41) is 2.88. The number of halogens is 1. The van der Waals surface area contributed by atoms with Crippen molar-refractivity contribution in [1.82, 2.24) is 0 Å². The van der Waals surface area contributed by atoms with E-state index in [1.165, 1.54) is 0 Å². The largest absolute Gasteiger partial charge is 0.481 e. The van der Waals surface area contributed by atoms with E-state index in [9.17, 15) is 4.79 Å². The first-order valence-corrected chi connectivity index (χ1v) is 9.37. The number of aryl methyl sites for hydroxylation is 1. The second-order valence-corrected chi connectivity index (χ2v) is 7.03. The predicted octanol–water partition coefficient (Wildman–Crippen LogP) is 5.96. The maximum atomic E-state index is 12.5. The number of para-hydroxylation sites is 2. The Labute approximate surface area is 167 Å². The Hall–Kier alpha value is -2.79. The minimum Gasteiger partial charge on any atom is -0.481 e. The lowest BCUT2D eigenvalue weighted by atomic mass is 10.2. The van der Waals surface area contributed by atoms with Crippen molar-refractivity contribution in [2.45, 2.75) is 20.0 Å². The molecule has 3 aromatic rings. The number of carbonyl (C=O) groups excluding carboxylic acids is 1. The summed E-state index contributed by atoms with van der Waals surface area (Å²) in [6.07, 6.45) is -0.654. The van der Waals surface area contributed by atoms with Gasteiger partial charge in [-0.2, -0.15) is 0 Å². The Kier molecular flexibility index (Phi) is 6.14. The van der Waals surface area contributed by atoms with Gasteiger partial charge in [-0.1, -0.05) is 45.8 Å². The molecule has 0 unspecified atom stereocenters. The van der Waals surface area contributed by atoms with Gasteiger partial charge < -0.3 is 14.8 Å². The number of ether oxygens (including phenoxy) is 2. The first kappa shape index (κ1) is 19.0. The third-order valence-electron chi connectivity index (χ3n) is 3.89. The lowest BCUT2D eigenvalue weighted by Crippen LogP contribution is -2.30. The van der Waals surface area contributed by atoms with E-state index in [0.29, 0.717) is 22.9 Å². The molecule has 3 rings (SSSR count). The molecule has 0 aliphatic rings. The van der Waals surface area contributed by atoms with E-state index in [1.807, 2.05) is 73.7 Å². The molecule has 0 saturated carbocycles. The van der Waals surface area contributed by atoms with E-state index in [-0.39, 0.29) is 5.91 Å². The molecule has 1 amide bonds. The van der Waals surface area contributed by atoms with Crippen molar-refractivity contribution in [3.63, 3.8) is 0 Å². The summed E-state index contributed by atoms with van der Waals surface area (Å²) < 4.78 is 12.6. The number of amides is 1. The van der Waals surface area contributed by atoms with Crippen molar-refractivity contribution in [2.75, 3.05) is 5.32 Å². The van der Waals surface area contributed by atoms with Crippen molar-refractivity contribution >= 4 is 27.5 Å². The number of carbonyl (C=O) groups is 1. The first-order valence-electron chi connectivity index (χ1n) is 8.58. The van der Waals surface area contributed by atoms with Crippen LogP contribution >= 0.6 is 15.9 Å². The van der Waals surface area contributed by atoms with Crippen molar-refractivity contribution < 1.29 is 14.3 Å². The van der Waals surface area contributed by atoms with E-state index < -0.39 is 6.10 Å². The highest BCUT2D eigenvalue weighted by Crippen LogP contribution is 2.29. The van der Waals surface area contributed by atoms with Crippen molar-refractivity contribution in [3.05, 3.63) is 82.8 Å². The number of nitrogens with one attached hydrogen (secondary N) is 1. The van der Waals surface area contributed by atoms with E-state index in [0.717, 1.165) is 10.0 Å². The second-order valence-electron chi connectivity index (χ2n) is 6.11. The van der Waals surface area contributed by atoms with Crippen LogP contribution in [-0.4, -0.2) is 12.0 Å². The molecule has 0 saturated heterocycles. The molecule has 27 heavy (non-hydrogen) atoms. The van der Waals surface area contributed by atoms with Crippen LogP contribution in [0.15, 0.2) is 77.3 Å². The van der Waals surface area contributed by atoms with Crippen LogP contribution in [-0.2, 0) is 4.79 Å². The number of anilines is 1. The molecule has 1 atom stereocenters. The van der Waals surface area contributed by atoms with Crippen LogP contribution in [0.3, 0.4) is 0 Å². The second kappa shape index (κ2) is 8.73. The highest BCUT2D eigenvalue weighted by Gasteiger charge is 2.17.